The van der Waals surface area contributed by atoms with Crippen LogP contribution in [0.1, 0.15) is 63.8 Å². The van der Waals surface area contributed by atoms with Crippen LogP contribution < -0.4 is 10.4 Å². The summed E-state index contributed by atoms with van der Waals surface area (Å²) in [6.45, 7) is 4.30. The van der Waals surface area contributed by atoms with Crippen LogP contribution in [0, 0.1) is 31.6 Å². The summed E-state index contributed by atoms with van der Waals surface area (Å²) in [5.74, 6) is 1.36. The fourth-order valence-electron chi connectivity index (χ4n) is 6.09. The van der Waals surface area contributed by atoms with E-state index in [1.54, 1.807) is 6.07 Å². The number of aromatic carboxylic acids is 1. The third kappa shape index (κ3) is 2.16. The Labute approximate surface area is 154 Å². The van der Waals surface area contributed by atoms with E-state index >= 15 is 0 Å². The van der Waals surface area contributed by atoms with Crippen molar-refractivity contribution >= 4 is 11.7 Å². The molecule has 2 bridgehead atoms. The molecule has 3 heteroatoms. The van der Waals surface area contributed by atoms with Crippen LogP contribution in [-0.2, 0) is 0 Å². The summed E-state index contributed by atoms with van der Waals surface area (Å²) >= 11 is 0. The molecular weight excluding hydrogens is 322 g/mol. The van der Waals surface area contributed by atoms with E-state index in [0.717, 1.165) is 11.6 Å². The minimum Gasteiger partial charge on any atom is -0.545 e. The average molecular weight is 346 g/mol. The third-order valence-corrected chi connectivity index (χ3v) is 7.11. The van der Waals surface area contributed by atoms with E-state index in [-0.39, 0.29) is 6.04 Å². The van der Waals surface area contributed by atoms with E-state index in [9.17, 15) is 9.90 Å². The molecule has 0 saturated heterocycles. The highest BCUT2D eigenvalue weighted by Crippen LogP contribution is 2.64. The molecule has 5 rings (SSSR count). The van der Waals surface area contributed by atoms with E-state index in [1.807, 2.05) is 6.07 Å². The first kappa shape index (κ1) is 15.9. The average Bonchev–Trinajstić information content (AvgIpc) is 3.25. The van der Waals surface area contributed by atoms with Gasteiger partial charge in [0.25, 0.3) is 0 Å². The zero-order valence-electron chi connectivity index (χ0n) is 15.3. The molecular formula is C23H24NO2-. The number of para-hydroxylation sites is 1. The zero-order valence-corrected chi connectivity index (χ0v) is 15.3. The van der Waals surface area contributed by atoms with Crippen LogP contribution in [0.5, 0.6) is 0 Å². The molecule has 5 atom stereocenters. The van der Waals surface area contributed by atoms with Gasteiger partial charge in [-0.2, -0.15) is 0 Å². The van der Waals surface area contributed by atoms with Gasteiger partial charge in [0.05, 0.1) is 12.0 Å². The second kappa shape index (κ2) is 5.60. The predicted molar refractivity (Wildman–Crippen MR) is 100 cm³/mol. The number of carboxylic acid groups (broad SMARTS) is 1. The smallest absolute Gasteiger partial charge is 0.0736 e. The van der Waals surface area contributed by atoms with Crippen molar-refractivity contribution in [3.63, 3.8) is 0 Å². The number of aryl methyl sites for hydroxylation is 2. The molecule has 1 N–H and O–H groups in total. The van der Waals surface area contributed by atoms with Gasteiger partial charge in [-0.25, -0.2) is 0 Å². The number of rotatable bonds is 2. The summed E-state index contributed by atoms with van der Waals surface area (Å²) < 4.78 is 0. The maximum Gasteiger partial charge on any atom is 0.0736 e. The highest BCUT2D eigenvalue weighted by atomic mass is 16.4. The molecule has 1 heterocycles. The minimum absolute atomic E-state index is 0.184. The number of anilines is 1. The second-order valence-electron chi connectivity index (χ2n) is 8.48. The van der Waals surface area contributed by atoms with Gasteiger partial charge in [0.2, 0.25) is 0 Å². The van der Waals surface area contributed by atoms with E-state index < -0.39 is 5.97 Å². The minimum atomic E-state index is -1.09. The molecule has 0 aromatic heterocycles. The Morgan fingerprint density at radius 2 is 1.88 bits per heavy atom. The van der Waals surface area contributed by atoms with E-state index in [2.05, 4.69) is 43.4 Å². The van der Waals surface area contributed by atoms with Gasteiger partial charge in [-0.1, -0.05) is 42.0 Å². The Morgan fingerprint density at radius 1 is 1.08 bits per heavy atom. The van der Waals surface area contributed by atoms with Crippen LogP contribution in [0.15, 0.2) is 36.4 Å². The van der Waals surface area contributed by atoms with Crippen LogP contribution in [0.2, 0.25) is 0 Å². The molecule has 2 aromatic carbocycles. The van der Waals surface area contributed by atoms with Gasteiger partial charge in [0.15, 0.2) is 0 Å². The number of benzene rings is 2. The molecule has 0 spiro atoms. The molecule has 134 valence electrons. The number of carbonyl (C=O) groups is 1. The van der Waals surface area contributed by atoms with Crippen molar-refractivity contribution in [2.45, 2.75) is 45.1 Å². The lowest BCUT2D eigenvalue weighted by molar-refractivity contribution is -0.254. The van der Waals surface area contributed by atoms with Gasteiger partial charge in [0.1, 0.15) is 0 Å². The van der Waals surface area contributed by atoms with Gasteiger partial charge in [-0.05, 0) is 73.5 Å². The summed E-state index contributed by atoms with van der Waals surface area (Å²) in [6.07, 6.45) is 3.87. The zero-order chi connectivity index (χ0) is 18.0. The Kier molecular flexibility index (Phi) is 3.43. The standard InChI is InChI=1S/C23H25NO2/c1-12-6-7-13(2)18(10-12)22-20-15-9-8-14(11-15)19(20)16-4-3-5-17(23(25)26)21(16)24-22/h3-7,10,14-15,19-20,22,24H,8-9,11H2,1-2H3,(H,25,26)/p-1/t14-,15-,19+,20+,22-/m0/s1. The Morgan fingerprint density at radius 3 is 2.69 bits per heavy atom. The van der Waals surface area contributed by atoms with Crippen LogP contribution in [0.3, 0.4) is 0 Å². The summed E-state index contributed by atoms with van der Waals surface area (Å²) in [7, 11) is 0. The number of carbonyl (C=O) groups excluding carboxylic acids is 1. The molecule has 2 aromatic rings. The molecule has 1 aliphatic heterocycles. The Balaban J connectivity index is 1.70. The molecule has 2 fully saturated rings. The number of hydrogen-bond acceptors (Lipinski definition) is 3. The quantitative estimate of drug-likeness (QED) is 0.895. The summed E-state index contributed by atoms with van der Waals surface area (Å²) in [4.78, 5) is 11.7. The van der Waals surface area contributed by atoms with Crippen molar-refractivity contribution in [2.24, 2.45) is 17.8 Å². The van der Waals surface area contributed by atoms with E-state index in [0.29, 0.717) is 23.3 Å². The highest BCUT2D eigenvalue weighted by Gasteiger charge is 2.54. The largest absolute Gasteiger partial charge is 0.545 e. The van der Waals surface area contributed by atoms with Gasteiger partial charge >= 0.3 is 0 Å². The molecule has 3 aliphatic rings. The van der Waals surface area contributed by atoms with Crippen LogP contribution >= 0.6 is 0 Å². The van der Waals surface area contributed by atoms with Crippen LogP contribution in [0.4, 0.5) is 5.69 Å². The number of hydrogen-bond donors (Lipinski definition) is 1. The fraction of sp³-hybridized carbons (Fsp3) is 0.435. The first-order valence-corrected chi connectivity index (χ1v) is 9.72. The monoisotopic (exact) mass is 346 g/mol. The maximum atomic E-state index is 11.7. The number of carboxylic acids is 1. The molecule has 2 aliphatic carbocycles. The highest BCUT2D eigenvalue weighted by molar-refractivity contribution is 5.94. The van der Waals surface area contributed by atoms with E-state index in [1.165, 1.54) is 41.5 Å². The normalized spacial score (nSPS) is 31.2. The lowest BCUT2D eigenvalue weighted by Gasteiger charge is -2.44. The maximum absolute atomic E-state index is 11.7. The molecule has 2 saturated carbocycles. The summed E-state index contributed by atoms with van der Waals surface area (Å²) in [5, 5.41) is 15.4. The third-order valence-electron chi connectivity index (χ3n) is 7.11. The van der Waals surface area contributed by atoms with Gasteiger partial charge in [-0.15, -0.1) is 0 Å². The summed E-state index contributed by atoms with van der Waals surface area (Å²) in [6, 6.07) is 12.5. The number of nitrogens with one attached hydrogen (secondary N) is 1. The van der Waals surface area contributed by atoms with Crippen molar-refractivity contribution < 1.29 is 9.90 Å². The topological polar surface area (TPSA) is 52.2 Å². The molecule has 0 unspecified atom stereocenters. The van der Waals surface area contributed by atoms with Crippen LogP contribution in [-0.4, -0.2) is 5.97 Å². The molecule has 0 amide bonds. The van der Waals surface area contributed by atoms with Crippen molar-refractivity contribution in [1.29, 1.82) is 0 Å². The van der Waals surface area contributed by atoms with Crippen molar-refractivity contribution in [3.05, 3.63) is 64.2 Å². The first-order valence-electron chi connectivity index (χ1n) is 9.72. The van der Waals surface area contributed by atoms with Gasteiger partial charge in [0, 0.05) is 11.3 Å². The Bertz CT molecular complexity index is 903. The fourth-order valence-corrected chi connectivity index (χ4v) is 6.09. The van der Waals surface area contributed by atoms with Crippen molar-refractivity contribution in [3.8, 4) is 0 Å². The van der Waals surface area contributed by atoms with Gasteiger partial charge in [-0.3, -0.25) is 0 Å². The van der Waals surface area contributed by atoms with Crippen molar-refractivity contribution in [2.75, 3.05) is 5.32 Å². The van der Waals surface area contributed by atoms with Crippen molar-refractivity contribution in [1.82, 2.24) is 0 Å². The Hall–Kier alpha value is -2.29. The predicted octanol–water partition coefficient (Wildman–Crippen LogP) is 3.96. The SMILES string of the molecule is Cc1ccc(C)c([C@@H]2Nc3c(C(=O)[O-])cccc3[C@H]3[C@H]4CC[C@@H](C4)[C@H]32)c1. The lowest BCUT2D eigenvalue weighted by Crippen LogP contribution is -2.37. The lowest BCUT2D eigenvalue weighted by atomic mass is 9.67. The molecule has 3 nitrogen and oxygen atoms in total. The molecule has 26 heavy (non-hydrogen) atoms. The number of fused-ring (bicyclic) bond motifs is 7. The van der Waals surface area contributed by atoms with Gasteiger partial charge < -0.3 is 15.2 Å². The first-order chi connectivity index (χ1) is 12.5. The van der Waals surface area contributed by atoms with E-state index in [4.69, 9.17) is 0 Å². The molecule has 0 radical (unpaired) electrons. The van der Waals surface area contributed by atoms with Crippen LogP contribution in [0.25, 0.3) is 0 Å². The second-order valence-corrected chi connectivity index (χ2v) is 8.48. The summed E-state index contributed by atoms with van der Waals surface area (Å²) in [5.41, 5.74) is 6.16.